The smallest absolute Gasteiger partial charge is 0.305 e. The Morgan fingerprint density at radius 1 is 1.29 bits per heavy atom. The van der Waals surface area contributed by atoms with Crippen molar-refractivity contribution in [1.29, 1.82) is 0 Å². The van der Waals surface area contributed by atoms with E-state index in [2.05, 4.69) is 5.32 Å². The molecule has 1 aromatic rings. The number of hydrogen-bond acceptors (Lipinski definition) is 5. The van der Waals surface area contributed by atoms with Crippen molar-refractivity contribution in [1.82, 2.24) is 9.80 Å². The third kappa shape index (κ3) is 4.42. The molecule has 116 valence electrons. The Labute approximate surface area is 124 Å². The molecule has 0 aliphatic carbocycles. The molecule has 0 aliphatic rings. The number of carbonyl (C=O) groups excluding carboxylic acids is 1. The van der Waals surface area contributed by atoms with Crippen LogP contribution in [-0.4, -0.2) is 61.4 Å². The van der Waals surface area contributed by atoms with E-state index in [-0.39, 0.29) is 17.2 Å². The first kappa shape index (κ1) is 16.9. The van der Waals surface area contributed by atoms with Crippen LogP contribution < -0.4 is 5.32 Å². The van der Waals surface area contributed by atoms with Crippen LogP contribution in [-0.2, 0) is 0 Å². The number of nitro benzene ring substituents is 1. The largest absolute Gasteiger partial charge is 0.380 e. The fourth-order valence-corrected chi connectivity index (χ4v) is 1.90. The number of anilines is 1. The topological polar surface area (TPSA) is 78.7 Å². The van der Waals surface area contributed by atoms with Gasteiger partial charge in [-0.2, -0.15) is 0 Å². The van der Waals surface area contributed by atoms with Gasteiger partial charge in [-0.05, 0) is 33.2 Å². The van der Waals surface area contributed by atoms with E-state index in [0.717, 1.165) is 0 Å². The van der Waals surface area contributed by atoms with E-state index >= 15 is 0 Å². The van der Waals surface area contributed by atoms with Crippen LogP contribution in [0.15, 0.2) is 18.2 Å². The number of amides is 1. The van der Waals surface area contributed by atoms with E-state index in [1.165, 1.54) is 11.0 Å². The number of hydrogen-bond donors (Lipinski definition) is 1. The van der Waals surface area contributed by atoms with Crippen molar-refractivity contribution in [3.8, 4) is 0 Å². The molecule has 1 rings (SSSR count). The number of nitrogens with one attached hydrogen (secondary N) is 1. The van der Waals surface area contributed by atoms with Crippen molar-refractivity contribution in [2.75, 3.05) is 46.1 Å². The molecule has 21 heavy (non-hydrogen) atoms. The van der Waals surface area contributed by atoms with Crippen LogP contribution in [0.25, 0.3) is 0 Å². The van der Waals surface area contributed by atoms with E-state index < -0.39 is 4.92 Å². The van der Waals surface area contributed by atoms with Crippen molar-refractivity contribution in [3.63, 3.8) is 0 Å². The number of nitrogens with zero attached hydrogens (tertiary/aromatic N) is 3. The third-order valence-electron chi connectivity index (χ3n) is 3.05. The number of carbonyl (C=O) groups is 1. The van der Waals surface area contributed by atoms with Crippen LogP contribution in [0.2, 0.25) is 0 Å². The van der Waals surface area contributed by atoms with E-state index in [4.69, 9.17) is 0 Å². The van der Waals surface area contributed by atoms with Crippen LogP contribution in [0.1, 0.15) is 17.3 Å². The zero-order valence-electron chi connectivity index (χ0n) is 12.9. The van der Waals surface area contributed by atoms with Gasteiger partial charge in [0, 0.05) is 26.7 Å². The second-order valence-electron chi connectivity index (χ2n) is 5.02. The minimum atomic E-state index is -0.509. The molecule has 0 aromatic heterocycles. The minimum absolute atomic E-state index is 0.111. The first-order valence-corrected chi connectivity index (χ1v) is 6.80. The Bertz CT molecular complexity index is 517. The maximum Gasteiger partial charge on any atom is 0.305 e. The van der Waals surface area contributed by atoms with Crippen molar-refractivity contribution in [2.24, 2.45) is 0 Å². The van der Waals surface area contributed by atoms with Crippen molar-refractivity contribution >= 4 is 17.3 Å². The van der Waals surface area contributed by atoms with Gasteiger partial charge in [0.05, 0.1) is 4.92 Å². The molecule has 7 nitrogen and oxygen atoms in total. The molecule has 0 fully saturated rings. The predicted octanol–water partition coefficient (Wildman–Crippen LogP) is 1.66. The molecular formula is C14H22N4O3. The lowest BCUT2D eigenvalue weighted by molar-refractivity contribution is -0.384. The SMILES string of the molecule is CCNc1cccc(C(=O)N(C)CCN(C)C)c1[N+](=O)[O-]. The van der Waals surface area contributed by atoms with Gasteiger partial charge >= 0.3 is 5.69 Å². The van der Waals surface area contributed by atoms with Gasteiger partial charge in [0.2, 0.25) is 0 Å². The highest BCUT2D eigenvalue weighted by atomic mass is 16.6. The standard InChI is InChI=1S/C14H22N4O3/c1-5-15-12-8-6-7-11(13(12)18(20)21)14(19)17(4)10-9-16(2)3/h6-8,15H,5,9-10H2,1-4H3. The van der Waals surface area contributed by atoms with E-state index in [0.29, 0.717) is 25.3 Å². The van der Waals surface area contributed by atoms with Gasteiger partial charge in [-0.3, -0.25) is 14.9 Å². The molecule has 0 unspecified atom stereocenters. The van der Waals surface area contributed by atoms with Gasteiger partial charge in [0.15, 0.2) is 0 Å². The molecule has 0 spiro atoms. The maximum atomic E-state index is 12.4. The Morgan fingerprint density at radius 3 is 2.48 bits per heavy atom. The maximum absolute atomic E-state index is 12.4. The van der Waals surface area contributed by atoms with Gasteiger partial charge in [-0.25, -0.2) is 0 Å². The Morgan fingerprint density at radius 2 is 1.95 bits per heavy atom. The average molecular weight is 294 g/mol. The van der Waals surface area contributed by atoms with E-state index in [9.17, 15) is 14.9 Å². The number of rotatable bonds is 7. The summed E-state index contributed by atoms with van der Waals surface area (Å²) < 4.78 is 0. The first-order valence-electron chi connectivity index (χ1n) is 6.80. The molecule has 0 saturated carbocycles. The molecule has 0 heterocycles. The van der Waals surface area contributed by atoms with E-state index in [1.807, 2.05) is 25.9 Å². The lowest BCUT2D eigenvalue weighted by Crippen LogP contribution is -2.33. The highest BCUT2D eigenvalue weighted by Crippen LogP contribution is 2.29. The van der Waals surface area contributed by atoms with E-state index in [1.54, 1.807) is 19.2 Å². The quantitative estimate of drug-likeness (QED) is 0.611. The summed E-state index contributed by atoms with van der Waals surface area (Å²) in [6.07, 6.45) is 0. The molecule has 7 heteroatoms. The summed E-state index contributed by atoms with van der Waals surface area (Å²) in [4.78, 5) is 26.7. The van der Waals surface area contributed by atoms with Crippen LogP contribution >= 0.6 is 0 Å². The fraction of sp³-hybridized carbons (Fsp3) is 0.500. The molecule has 0 saturated heterocycles. The summed E-state index contributed by atoms with van der Waals surface area (Å²) in [5.74, 6) is -0.344. The third-order valence-corrected chi connectivity index (χ3v) is 3.05. The Balaban J connectivity index is 3.08. The molecule has 0 atom stereocenters. The van der Waals surface area contributed by atoms with Crippen molar-refractivity contribution < 1.29 is 9.72 Å². The second kappa shape index (κ2) is 7.58. The molecule has 0 bridgehead atoms. The van der Waals surface area contributed by atoms with Crippen molar-refractivity contribution in [2.45, 2.75) is 6.92 Å². The monoisotopic (exact) mass is 294 g/mol. The Kier molecular flexibility index (Phi) is 6.10. The lowest BCUT2D eigenvalue weighted by Gasteiger charge is -2.20. The summed E-state index contributed by atoms with van der Waals surface area (Å²) in [5.41, 5.74) is 0.315. The van der Waals surface area contributed by atoms with Gasteiger partial charge in [0.25, 0.3) is 5.91 Å². The van der Waals surface area contributed by atoms with Crippen molar-refractivity contribution in [3.05, 3.63) is 33.9 Å². The van der Waals surface area contributed by atoms with Gasteiger partial charge in [-0.15, -0.1) is 0 Å². The van der Waals surface area contributed by atoms with Crippen LogP contribution in [0.5, 0.6) is 0 Å². The molecular weight excluding hydrogens is 272 g/mol. The van der Waals surface area contributed by atoms with Gasteiger partial charge in [0.1, 0.15) is 11.3 Å². The van der Waals surface area contributed by atoms with Gasteiger partial charge in [-0.1, -0.05) is 6.07 Å². The number of para-hydroxylation sites is 1. The van der Waals surface area contributed by atoms with Crippen LogP contribution in [0.4, 0.5) is 11.4 Å². The van der Waals surface area contributed by atoms with Crippen LogP contribution in [0.3, 0.4) is 0 Å². The molecule has 1 amide bonds. The second-order valence-corrected chi connectivity index (χ2v) is 5.02. The zero-order valence-corrected chi connectivity index (χ0v) is 12.9. The Hall–Kier alpha value is -2.15. The van der Waals surface area contributed by atoms with Crippen LogP contribution in [0, 0.1) is 10.1 Å². The molecule has 1 N–H and O–H groups in total. The number of benzene rings is 1. The predicted molar refractivity (Wildman–Crippen MR) is 82.8 cm³/mol. The first-order chi connectivity index (χ1) is 9.88. The fourth-order valence-electron chi connectivity index (χ4n) is 1.90. The summed E-state index contributed by atoms with van der Waals surface area (Å²) in [5, 5.41) is 14.2. The van der Waals surface area contributed by atoms with Gasteiger partial charge < -0.3 is 15.1 Å². The molecule has 0 aliphatic heterocycles. The highest BCUT2D eigenvalue weighted by Gasteiger charge is 2.26. The summed E-state index contributed by atoms with van der Waals surface area (Å²) in [6.45, 7) is 3.60. The molecule has 0 radical (unpaired) electrons. The zero-order chi connectivity index (χ0) is 16.0. The summed E-state index contributed by atoms with van der Waals surface area (Å²) in [7, 11) is 5.47. The molecule has 1 aromatic carbocycles. The average Bonchev–Trinajstić information content (AvgIpc) is 2.43. The number of likely N-dealkylation sites (N-methyl/N-ethyl adjacent to an activating group) is 2. The number of nitro groups is 1. The lowest BCUT2D eigenvalue weighted by atomic mass is 10.1. The minimum Gasteiger partial charge on any atom is -0.380 e. The highest BCUT2D eigenvalue weighted by molar-refractivity contribution is 6.00. The summed E-state index contributed by atoms with van der Waals surface area (Å²) in [6, 6.07) is 4.75. The normalized spacial score (nSPS) is 10.5. The summed E-state index contributed by atoms with van der Waals surface area (Å²) >= 11 is 0.